The van der Waals surface area contributed by atoms with Crippen LogP contribution < -0.4 is 11.1 Å². The van der Waals surface area contributed by atoms with Crippen molar-refractivity contribution in [1.82, 2.24) is 5.32 Å². The zero-order chi connectivity index (χ0) is 13.3. The number of rotatable bonds is 2. The molecule has 3 N–H and O–H groups in total. The Morgan fingerprint density at radius 3 is 2.56 bits per heavy atom. The van der Waals surface area contributed by atoms with E-state index in [4.69, 9.17) is 10.5 Å². The van der Waals surface area contributed by atoms with E-state index in [9.17, 15) is 13.6 Å². The Hall–Kier alpha value is -1.69. The Balaban J connectivity index is 2.19. The molecule has 1 fully saturated rings. The van der Waals surface area contributed by atoms with E-state index in [0.29, 0.717) is 19.6 Å². The summed E-state index contributed by atoms with van der Waals surface area (Å²) < 4.78 is 31.7. The summed E-state index contributed by atoms with van der Waals surface area (Å²) in [5.41, 5.74) is 3.97. The van der Waals surface area contributed by atoms with Crippen molar-refractivity contribution in [2.45, 2.75) is 18.9 Å². The highest BCUT2D eigenvalue weighted by Crippen LogP contribution is 2.20. The Labute approximate surface area is 103 Å². The molecule has 1 aliphatic heterocycles. The van der Waals surface area contributed by atoms with E-state index < -0.39 is 28.8 Å². The number of nitrogens with one attached hydrogen (secondary N) is 1. The maximum atomic E-state index is 13.2. The Bertz CT molecular complexity index is 462. The van der Waals surface area contributed by atoms with Crippen LogP contribution in [0.4, 0.5) is 14.5 Å². The van der Waals surface area contributed by atoms with Gasteiger partial charge in [-0.25, -0.2) is 8.78 Å². The number of hydrogen-bond donors (Lipinski definition) is 2. The average Bonchev–Trinajstić information content (AvgIpc) is 2.71. The summed E-state index contributed by atoms with van der Waals surface area (Å²) in [5, 5.41) is 2.71. The molecule has 1 aromatic rings. The molecule has 0 aliphatic carbocycles. The number of benzene rings is 1. The third-order valence-corrected chi connectivity index (χ3v) is 2.98. The molecule has 1 aliphatic rings. The molecule has 1 saturated heterocycles. The first-order chi connectivity index (χ1) is 8.41. The molecule has 6 heteroatoms. The zero-order valence-electron chi connectivity index (χ0n) is 9.93. The van der Waals surface area contributed by atoms with Gasteiger partial charge in [0.1, 0.15) is 17.3 Å². The quantitative estimate of drug-likeness (QED) is 0.787. The number of carbonyl (C=O) groups is 1. The van der Waals surface area contributed by atoms with Crippen LogP contribution in [-0.2, 0) is 4.74 Å². The highest BCUT2D eigenvalue weighted by Gasteiger charge is 2.31. The highest BCUT2D eigenvalue weighted by molar-refractivity contribution is 5.95. The van der Waals surface area contributed by atoms with Crippen LogP contribution in [-0.4, -0.2) is 24.7 Å². The largest absolute Gasteiger partial charge is 0.394 e. The molecular weight excluding hydrogens is 242 g/mol. The molecule has 0 spiro atoms. The van der Waals surface area contributed by atoms with Crippen molar-refractivity contribution in [1.29, 1.82) is 0 Å². The van der Waals surface area contributed by atoms with E-state index in [2.05, 4.69) is 5.32 Å². The molecule has 98 valence electrons. The van der Waals surface area contributed by atoms with Gasteiger partial charge in [-0.15, -0.1) is 0 Å². The third-order valence-electron chi connectivity index (χ3n) is 2.98. The first-order valence-electron chi connectivity index (χ1n) is 5.56. The molecule has 1 unspecified atom stereocenters. The highest BCUT2D eigenvalue weighted by atomic mass is 19.1. The first-order valence-corrected chi connectivity index (χ1v) is 5.56. The second-order valence-corrected chi connectivity index (χ2v) is 4.67. The monoisotopic (exact) mass is 256 g/mol. The fourth-order valence-electron chi connectivity index (χ4n) is 1.83. The van der Waals surface area contributed by atoms with Crippen molar-refractivity contribution < 1.29 is 18.3 Å². The molecular formula is C12H14F2N2O2. The molecule has 1 heterocycles. The molecule has 0 bridgehead atoms. The fraction of sp³-hybridized carbons (Fsp3) is 0.417. The number of nitrogens with two attached hydrogens (primary N) is 1. The number of nitrogen functional groups attached to an aromatic ring is 1. The number of amides is 1. The van der Waals surface area contributed by atoms with Gasteiger partial charge in [-0.3, -0.25) is 4.79 Å². The summed E-state index contributed by atoms with van der Waals surface area (Å²) in [6, 6.07) is 1.85. The van der Waals surface area contributed by atoms with Gasteiger partial charge in [-0.2, -0.15) is 0 Å². The average molecular weight is 256 g/mol. The van der Waals surface area contributed by atoms with Crippen molar-refractivity contribution in [3.63, 3.8) is 0 Å². The Morgan fingerprint density at radius 2 is 2.06 bits per heavy atom. The van der Waals surface area contributed by atoms with Crippen LogP contribution in [0.2, 0.25) is 0 Å². The van der Waals surface area contributed by atoms with Crippen molar-refractivity contribution >= 4 is 11.6 Å². The minimum absolute atomic E-state index is 0.0904. The van der Waals surface area contributed by atoms with Gasteiger partial charge in [0.2, 0.25) is 0 Å². The fourth-order valence-corrected chi connectivity index (χ4v) is 1.83. The summed E-state index contributed by atoms with van der Waals surface area (Å²) in [4.78, 5) is 11.9. The molecule has 2 rings (SSSR count). The zero-order valence-corrected chi connectivity index (χ0v) is 9.93. The standard InChI is InChI=1S/C12H14F2N2O2/c1-12(2-3-18-6-12)16-11(17)7-4-8(13)10(15)9(14)5-7/h4-5H,2-3,6,15H2,1H3,(H,16,17). The van der Waals surface area contributed by atoms with Crippen molar-refractivity contribution in [2.75, 3.05) is 18.9 Å². The number of halogens is 2. The minimum atomic E-state index is -0.937. The maximum Gasteiger partial charge on any atom is 0.251 e. The van der Waals surface area contributed by atoms with Gasteiger partial charge in [-0.05, 0) is 25.5 Å². The van der Waals surface area contributed by atoms with E-state index in [1.165, 1.54) is 0 Å². The lowest BCUT2D eigenvalue weighted by Crippen LogP contribution is -2.46. The topological polar surface area (TPSA) is 64.4 Å². The van der Waals surface area contributed by atoms with Crippen molar-refractivity contribution in [2.24, 2.45) is 0 Å². The summed E-state index contributed by atoms with van der Waals surface area (Å²) >= 11 is 0. The number of hydrogen-bond acceptors (Lipinski definition) is 3. The Morgan fingerprint density at radius 1 is 1.44 bits per heavy atom. The predicted molar refractivity (Wildman–Crippen MR) is 62.1 cm³/mol. The van der Waals surface area contributed by atoms with Crippen LogP contribution >= 0.6 is 0 Å². The van der Waals surface area contributed by atoms with Gasteiger partial charge in [0.25, 0.3) is 5.91 Å². The molecule has 0 saturated carbocycles. The lowest BCUT2D eigenvalue weighted by Gasteiger charge is -2.23. The van der Waals surface area contributed by atoms with E-state index in [1.54, 1.807) is 0 Å². The van der Waals surface area contributed by atoms with Crippen molar-refractivity contribution in [3.05, 3.63) is 29.3 Å². The SMILES string of the molecule is CC1(NC(=O)c2cc(F)c(N)c(F)c2)CCOC1. The lowest BCUT2D eigenvalue weighted by atomic mass is 10.0. The molecule has 0 radical (unpaired) electrons. The summed E-state index contributed by atoms with van der Waals surface area (Å²) in [7, 11) is 0. The summed E-state index contributed by atoms with van der Waals surface area (Å²) in [6.07, 6.45) is 0.665. The first kappa shape index (κ1) is 12.8. The van der Waals surface area contributed by atoms with Crippen LogP contribution in [0.5, 0.6) is 0 Å². The summed E-state index contributed by atoms with van der Waals surface area (Å²) in [5.74, 6) is -2.42. The van der Waals surface area contributed by atoms with Gasteiger partial charge in [0.05, 0.1) is 12.1 Å². The lowest BCUT2D eigenvalue weighted by molar-refractivity contribution is 0.0889. The summed E-state index contributed by atoms with van der Waals surface area (Å²) in [6.45, 7) is 2.77. The second kappa shape index (κ2) is 4.53. The van der Waals surface area contributed by atoms with Crippen LogP contribution in [0, 0.1) is 11.6 Å². The molecule has 18 heavy (non-hydrogen) atoms. The van der Waals surface area contributed by atoms with Crippen molar-refractivity contribution in [3.8, 4) is 0 Å². The molecule has 1 atom stereocenters. The molecule has 1 amide bonds. The van der Waals surface area contributed by atoms with E-state index in [-0.39, 0.29) is 5.56 Å². The predicted octanol–water partition coefficient (Wildman–Crippen LogP) is 1.46. The van der Waals surface area contributed by atoms with Crippen LogP contribution in [0.15, 0.2) is 12.1 Å². The van der Waals surface area contributed by atoms with Crippen LogP contribution in [0.25, 0.3) is 0 Å². The maximum absolute atomic E-state index is 13.2. The Kier molecular flexibility index (Phi) is 3.21. The van der Waals surface area contributed by atoms with Gasteiger partial charge < -0.3 is 15.8 Å². The smallest absolute Gasteiger partial charge is 0.251 e. The van der Waals surface area contributed by atoms with E-state index >= 15 is 0 Å². The minimum Gasteiger partial charge on any atom is -0.394 e. The van der Waals surface area contributed by atoms with Crippen LogP contribution in [0.1, 0.15) is 23.7 Å². The number of ether oxygens (including phenoxy) is 1. The number of carbonyl (C=O) groups excluding carboxylic acids is 1. The van der Waals surface area contributed by atoms with E-state index in [0.717, 1.165) is 12.1 Å². The van der Waals surface area contributed by atoms with E-state index in [1.807, 2.05) is 6.92 Å². The molecule has 1 aromatic carbocycles. The second-order valence-electron chi connectivity index (χ2n) is 4.67. The molecule has 4 nitrogen and oxygen atoms in total. The molecule has 0 aromatic heterocycles. The third kappa shape index (κ3) is 2.43. The van der Waals surface area contributed by atoms with Gasteiger partial charge >= 0.3 is 0 Å². The number of anilines is 1. The normalized spacial score (nSPS) is 23.1. The van der Waals surface area contributed by atoms with Gasteiger partial charge in [0, 0.05) is 12.2 Å². The van der Waals surface area contributed by atoms with Gasteiger partial charge in [0.15, 0.2) is 0 Å². The van der Waals surface area contributed by atoms with Gasteiger partial charge in [-0.1, -0.05) is 0 Å². The van der Waals surface area contributed by atoms with Crippen LogP contribution in [0.3, 0.4) is 0 Å².